The van der Waals surface area contributed by atoms with Gasteiger partial charge in [-0.3, -0.25) is 4.79 Å². The number of carbonyl (C=O) groups is 1. The van der Waals surface area contributed by atoms with Crippen LogP contribution in [-0.4, -0.2) is 13.6 Å². The number of hydrogen-bond donors (Lipinski definition) is 0. The highest BCUT2D eigenvalue weighted by Crippen LogP contribution is 2.35. The first-order valence-electron chi connectivity index (χ1n) is 8.04. The van der Waals surface area contributed by atoms with Gasteiger partial charge in [-0.25, -0.2) is 0 Å². The summed E-state index contributed by atoms with van der Waals surface area (Å²) in [5.41, 5.74) is 2.72. The zero-order valence-corrected chi connectivity index (χ0v) is 13.8. The molecule has 0 unspecified atom stereocenters. The third-order valence-corrected chi connectivity index (χ3v) is 4.06. The van der Waals surface area contributed by atoms with Gasteiger partial charge in [-0.1, -0.05) is 42.7 Å². The lowest BCUT2D eigenvalue weighted by Gasteiger charge is -2.11. The number of methoxy groups -OCH3 is 1. The summed E-state index contributed by atoms with van der Waals surface area (Å²) in [4.78, 5) is 8.95. The van der Waals surface area contributed by atoms with Crippen molar-refractivity contribution in [2.24, 2.45) is 0 Å². The number of hydrogen-bond acceptors (Lipinski definition) is 3. The fraction of sp³-hybridized carbons (Fsp3) is 0.350. The fourth-order valence-corrected chi connectivity index (χ4v) is 2.81. The monoisotopic (exact) mass is 312 g/mol. The Morgan fingerprint density at radius 1 is 0.913 bits per heavy atom. The molecule has 0 heterocycles. The Kier molecular flexibility index (Phi) is 6.67. The molecule has 0 radical (unpaired) electrons. The molecule has 0 aliphatic heterocycles. The van der Waals surface area contributed by atoms with E-state index in [1.807, 2.05) is 12.1 Å². The molecular formula is C20H24O3. The Balaban J connectivity index is 0.000000433. The van der Waals surface area contributed by atoms with Gasteiger partial charge in [0.15, 0.2) is 0 Å². The predicted octanol–water partition coefficient (Wildman–Crippen LogP) is 5.23. The molecule has 1 aliphatic rings. The van der Waals surface area contributed by atoms with E-state index in [4.69, 9.17) is 9.53 Å². The molecule has 3 rings (SSSR count). The second kappa shape index (κ2) is 8.99. The molecule has 1 saturated carbocycles. The van der Waals surface area contributed by atoms with Gasteiger partial charge >= 0.3 is 0 Å². The van der Waals surface area contributed by atoms with Crippen molar-refractivity contribution in [1.82, 2.24) is 0 Å². The normalized spacial score (nSPS) is 13.8. The number of benzene rings is 2. The van der Waals surface area contributed by atoms with Crippen LogP contribution in [0.3, 0.4) is 0 Å². The summed E-state index contributed by atoms with van der Waals surface area (Å²) in [5.74, 6) is 2.60. The molecular weight excluding hydrogens is 288 g/mol. The van der Waals surface area contributed by atoms with Gasteiger partial charge in [-0.05, 0) is 55.5 Å². The summed E-state index contributed by atoms with van der Waals surface area (Å²) >= 11 is 0. The standard InChI is InChI=1S/C18H20O.C2H4O2/c1-14-6-10-17(11-7-14)19-18-12-8-16(9-13-18)15-4-2-3-5-15;1-4-2-3/h6-13,15H,2-5H2,1H3;2H,1H3. The van der Waals surface area contributed by atoms with E-state index >= 15 is 0 Å². The van der Waals surface area contributed by atoms with E-state index in [1.54, 1.807) is 0 Å². The van der Waals surface area contributed by atoms with Crippen molar-refractivity contribution in [3.05, 3.63) is 59.7 Å². The van der Waals surface area contributed by atoms with Crippen LogP contribution in [0.15, 0.2) is 48.5 Å². The highest BCUT2D eigenvalue weighted by molar-refractivity contribution is 5.36. The molecule has 3 nitrogen and oxygen atoms in total. The van der Waals surface area contributed by atoms with Crippen LogP contribution in [0.4, 0.5) is 0 Å². The molecule has 0 spiro atoms. The highest BCUT2D eigenvalue weighted by Gasteiger charge is 2.16. The van der Waals surface area contributed by atoms with Gasteiger partial charge in [0.1, 0.15) is 11.5 Å². The minimum Gasteiger partial charge on any atom is -0.471 e. The van der Waals surface area contributed by atoms with Crippen LogP contribution in [0.5, 0.6) is 11.5 Å². The lowest BCUT2D eigenvalue weighted by atomic mass is 9.98. The number of aryl methyl sites for hydroxylation is 1. The molecule has 0 aromatic heterocycles. The summed E-state index contributed by atoms with van der Waals surface area (Å²) in [7, 11) is 1.31. The molecule has 0 amide bonds. The van der Waals surface area contributed by atoms with E-state index in [2.05, 4.69) is 48.1 Å². The van der Waals surface area contributed by atoms with Crippen molar-refractivity contribution in [2.75, 3.05) is 7.11 Å². The van der Waals surface area contributed by atoms with Gasteiger partial charge in [-0.2, -0.15) is 0 Å². The van der Waals surface area contributed by atoms with E-state index in [0.717, 1.165) is 17.4 Å². The van der Waals surface area contributed by atoms with Gasteiger partial charge in [0.25, 0.3) is 6.47 Å². The first kappa shape index (κ1) is 17.1. The van der Waals surface area contributed by atoms with E-state index < -0.39 is 0 Å². The quantitative estimate of drug-likeness (QED) is 0.725. The summed E-state index contributed by atoms with van der Waals surface area (Å²) in [6, 6.07) is 16.8. The van der Waals surface area contributed by atoms with Crippen LogP contribution in [0, 0.1) is 6.92 Å². The molecule has 0 atom stereocenters. The maximum absolute atomic E-state index is 8.95. The maximum Gasteiger partial charge on any atom is 0.292 e. The maximum atomic E-state index is 8.95. The van der Waals surface area contributed by atoms with Gasteiger partial charge in [0.05, 0.1) is 7.11 Å². The first-order chi connectivity index (χ1) is 11.2. The van der Waals surface area contributed by atoms with Crippen molar-refractivity contribution in [3.8, 4) is 11.5 Å². The van der Waals surface area contributed by atoms with E-state index in [-0.39, 0.29) is 0 Å². The topological polar surface area (TPSA) is 35.5 Å². The molecule has 2 aromatic carbocycles. The molecule has 122 valence electrons. The van der Waals surface area contributed by atoms with Crippen LogP contribution >= 0.6 is 0 Å². The van der Waals surface area contributed by atoms with Crippen molar-refractivity contribution >= 4 is 6.47 Å². The Morgan fingerprint density at radius 2 is 1.39 bits per heavy atom. The summed E-state index contributed by atoms with van der Waals surface area (Å²) < 4.78 is 9.71. The second-order valence-corrected chi connectivity index (χ2v) is 5.80. The van der Waals surface area contributed by atoms with Crippen LogP contribution in [0.2, 0.25) is 0 Å². The fourth-order valence-electron chi connectivity index (χ4n) is 2.81. The van der Waals surface area contributed by atoms with E-state index in [0.29, 0.717) is 6.47 Å². The minimum absolute atomic E-state index is 0.375. The molecule has 3 heteroatoms. The second-order valence-electron chi connectivity index (χ2n) is 5.80. The average Bonchev–Trinajstić information content (AvgIpc) is 3.12. The van der Waals surface area contributed by atoms with Crippen LogP contribution in [-0.2, 0) is 9.53 Å². The van der Waals surface area contributed by atoms with Crippen LogP contribution in [0.1, 0.15) is 42.7 Å². The van der Waals surface area contributed by atoms with Gasteiger partial charge in [0.2, 0.25) is 0 Å². The molecule has 0 N–H and O–H groups in total. The Labute approximate surface area is 138 Å². The Hall–Kier alpha value is -2.29. The molecule has 23 heavy (non-hydrogen) atoms. The zero-order valence-electron chi connectivity index (χ0n) is 13.8. The lowest BCUT2D eigenvalue weighted by molar-refractivity contribution is -0.126. The largest absolute Gasteiger partial charge is 0.471 e. The third kappa shape index (κ3) is 5.44. The van der Waals surface area contributed by atoms with Crippen molar-refractivity contribution in [3.63, 3.8) is 0 Å². The predicted molar refractivity (Wildman–Crippen MR) is 92.0 cm³/mol. The average molecular weight is 312 g/mol. The molecule has 1 fully saturated rings. The van der Waals surface area contributed by atoms with Crippen molar-refractivity contribution < 1.29 is 14.3 Å². The Morgan fingerprint density at radius 3 is 1.87 bits per heavy atom. The zero-order chi connectivity index (χ0) is 16.5. The summed E-state index contributed by atoms with van der Waals surface area (Å²) in [6.45, 7) is 2.46. The van der Waals surface area contributed by atoms with Gasteiger partial charge in [0, 0.05) is 0 Å². The highest BCUT2D eigenvalue weighted by atomic mass is 16.5. The summed E-state index contributed by atoms with van der Waals surface area (Å²) in [6.07, 6.45) is 5.45. The molecule has 2 aromatic rings. The molecule has 0 saturated heterocycles. The number of rotatable bonds is 4. The van der Waals surface area contributed by atoms with E-state index in [9.17, 15) is 0 Å². The first-order valence-corrected chi connectivity index (χ1v) is 8.04. The van der Waals surface area contributed by atoms with Gasteiger partial charge in [-0.15, -0.1) is 0 Å². The smallest absolute Gasteiger partial charge is 0.292 e. The van der Waals surface area contributed by atoms with Crippen LogP contribution in [0.25, 0.3) is 0 Å². The van der Waals surface area contributed by atoms with Crippen LogP contribution < -0.4 is 4.74 Å². The van der Waals surface area contributed by atoms with Crippen molar-refractivity contribution in [1.29, 1.82) is 0 Å². The molecule has 0 bridgehead atoms. The number of carbonyl (C=O) groups excluding carboxylic acids is 1. The molecule has 1 aliphatic carbocycles. The minimum atomic E-state index is 0.375. The van der Waals surface area contributed by atoms with E-state index in [1.165, 1.54) is 43.9 Å². The third-order valence-electron chi connectivity index (χ3n) is 4.06. The van der Waals surface area contributed by atoms with Gasteiger partial charge < -0.3 is 9.47 Å². The summed E-state index contributed by atoms with van der Waals surface area (Å²) in [5, 5.41) is 0. The lowest BCUT2D eigenvalue weighted by Crippen LogP contribution is -1.92. The van der Waals surface area contributed by atoms with Crippen molar-refractivity contribution in [2.45, 2.75) is 38.5 Å². The number of ether oxygens (including phenoxy) is 2. The SMILES string of the molecule is COC=O.Cc1ccc(Oc2ccc(C3CCCC3)cc2)cc1. The Bertz CT molecular complexity index is 581.